The van der Waals surface area contributed by atoms with Crippen LogP contribution >= 0.6 is 0 Å². The SMILES string of the molecule is CC(C)(C#N)c1ccc(-c2cc(NC[C@H](O)c3ccccc3)ncn2)cc1. The van der Waals surface area contributed by atoms with Gasteiger partial charge >= 0.3 is 0 Å². The number of hydrogen-bond acceptors (Lipinski definition) is 5. The molecular weight excluding hydrogens is 336 g/mol. The quantitative estimate of drug-likeness (QED) is 0.693. The summed E-state index contributed by atoms with van der Waals surface area (Å²) in [5.41, 5.74) is 3.02. The van der Waals surface area contributed by atoms with E-state index in [1.165, 1.54) is 6.33 Å². The Morgan fingerprint density at radius 1 is 1.07 bits per heavy atom. The van der Waals surface area contributed by atoms with Crippen molar-refractivity contribution in [3.63, 3.8) is 0 Å². The molecule has 2 N–H and O–H groups in total. The Bertz CT molecular complexity index is 931. The lowest BCUT2D eigenvalue weighted by molar-refractivity contribution is 0.191. The van der Waals surface area contributed by atoms with Crippen molar-refractivity contribution in [3.8, 4) is 17.3 Å². The number of aliphatic hydroxyl groups is 1. The van der Waals surface area contributed by atoms with Gasteiger partial charge in [0.25, 0.3) is 0 Å². The average Bonchev–Trinajstić information content (AvgIpc) is 2.73. The number of rotatable bonds is 6. The number of aromatic nitrogens is 2. The molecule has 136 valence electrons. The molecule has 5 nitrogen and oxygen atoms in total. The van der Waals surface area contributed by atoms with Crippen LogP contribution in [0.2, 0.25) is 0 Å². The van der Waals surface area contributed by atoms with Crippen LogP contribution in [0, 0.1) is 11.3 Å². The van der Waals surface area contributed by atoms with Crippen LogP contribution in [0.4, 0.5) is 5.82 Å². The van der Waals surface area contributed by atoms with Crippen LogP contribution in [-0.4, -0.2) is 21.6 Å². The molecule has 27 heavy (non-hydrogen) atoms. The maximum absolute atomic E-state index is 10.3. The van der Waals surface area contributed by atoms with Gasteiger partial charge in [-0.1, -0.05) is 54.6 Å². The first-order valence-electron chi connectivity index (χ1n) is 8.81. The molecule has 0 saturated carbocycles. The minimum atomic E-state index is -0.614. The maximum Gasteiger partial charge on any atom is 0.130 e. The van der Waals surface area contributed by atoms with Gasteiger partial charge in [0, 0.05) is 18.2 Å². The summed E-state index contributed by atoms with van der Waals surface area (Å²) in [4.78, 5) is 8.55. The van der Waals surface area contributed by atoms with Crippen molar-refractivity contribution in [1.82, 2.24) is 9.97 Å². The average molecular weight is 358 g/mol. The molecule has 2 aromatic carbocycles. The molecule has 0 aliphatic rings. The van der Waals surface area contributed by atoms with Crippen LogP contribution in [0.1, 0.15) is 31.1 Å². The largest absolute Gasteiger partial charge is 0.387 e. The summed E-state index contributed by atoms with van der Waals surface area (Å²) in [7, 11) is 0. The zero-order chi connectivity index (χ0) is 19.3. The molecular formula is C22H22N4O. The highest BCUT2D eigenvalue weighted by Gasteiger charge is 2.19. The highest BCUT2D eigenvalue weighted by Crippen LogP contribution is 2.26. The van der Waals surface area contributed by atoms with Crippen molar-refractivity contribution in [2.24, 2.45) is 0 Å². The van der Waals surface area contributed by atoms with Crippen molar-refractivity contribution in [2.75, 3.05) is 11.9 Å². The Kier molecular flexibility index (Phi) is 5.49. The van der Waals surface area contributed by atoms with Crippen LogP contribution in [-0.2, 0) is 5.41 Å². The minimum absolute atomic E-state index is 0.357. The van der Waals surface area contributed by atoms with Crippen molar-refractivity contribution < 1.29 is 5.11 Å². The molecule has 0 unspecified atom stereocenters. The van der Waals surface area contributed by atoms with E-state index < -0.39 is 11.5 Å². The highest BCUT2D eigenvalue weighted by atomic mass is 16.3. The molecule has 0 aliphatic carbocycles. The first kappa shape index (κ1) is 18.6. The summed E-state index contributed by atoms with van der Waals surface area (Å²) < 4.78 is 0. The number of hydrogen-bond donors (Lipinski definition) is 2. The summed E-state index contributed by atoms with van der Waals surface area (Å²) in [6.07, 6.45) is 0.886. The predicted molar refractivity (Wildman–Crippen MR) is 106 cm³/mol. The minimum Gasteiger partial charge on any atom is -0.387 e. The second kappa shape index (κ2) is 7.98. The molecule has 0 spiro atoms. The number of benzene rings is 2. The van der Waals surface area contributed by atoms with Crippen molar-refractivity contribution in [3.05, 3.63) is 78.1 Å². The number of anilines is 1. The molecule has 0 fully saturated rings. The van der Waals surface area contributed by atoms with Gasteiger partial charge in [0.2, 0.25) is 0 Å². The second-order valence-electron chi connectivity index (χ2n) is 6.91. The van der Waals surface area contributed by atoms with Gasteiger partial charge in [-0.05, 0) is 25.0 Å². The third-order valence-electron chi connectivity index (χ3n) is 4.51. The Morgan fingerprint density at radius 2 is 1.78 bits per heavy atom. The lowest BCUT2D eigenvalue weighted by atomic mass is 9.86. The highest BCUT2D eigenvalue weighted by molar-refractivity contribution is 5.62. The van der Waals surface area contributed by atoms with Crippen LogP contribution in [0.3, 0.4) is 0 Å². The van der Waals surface area contributed by atoms with Gasteiger partial charge in [-0.15, -0.1) is 0 Å². The Balaban J connectivity index is 1.71. The van der Waals surface area contributed by atoms with Crippen molar-refractivity contribution in [1.29, 1.82) is 5.26 Å². The monoisotopic (exact) mass is 358 g/mol. The molecule has 3 aromatic rings. The zero-order valence-corrected chi connectivity index (χ0v) is 15.4. The fraction of sp³-hybridized carbons (Fsp3) is 0.227. The molecule has 1 aromatic heterocycles. The number of nitrogens with zero attached hydrogens (tertiary/aromatic N) is 3. The van der Waals surface area contributed by atoms with Crippen LogP contribution in [0.5, 0.6) is 0 Å². The topological polar surface area (TPSA) is 81.8 Å². The Labute approximate surface area is 159 Å². The Morgan fingerprint density at radius 3 is 2.44 bits per heavy atom. The standard InChI is InChI=1S/C22H22N4O/c1-22(2,14-23)18-10-8-16(9-11-18)19-12-21(26-15-25-19)24-13-20(27)17-6-4-3-5-7-17/h3-12,15,20,27H,13H2,1-2H3,(H,24,25,26)/t20-/m0/s1. The van der Waals surface area contributed by atoms with E-state index >= 15 is 0 Å². The zero-order valence-electron chi connectivity index (χ0n) is 15.4. The maximum atomic E-state index is 10.3. The van der Waals surface area contributed by atoms with Gasteiger partial charge in [-0.2, -0.15) is 5.26 Å². The first-order chi connectivity index (χ1) is 13.0. The summed E-state index contributed by atoms with van der Waals surface area (Å²) in [6.45, 7) is 4.15. The number of aliphatic hydroxyl groups excluding tert-OH is 1. The van der Waals surface area contributed by atoms with Crippen LogP contribution in [0.25, 0.3) is 11.3 Å². The number of nitriles is 1. The van der Waals surface area contributed by atoms with Crippen molar-refractivity contribution >= 4 is 5.82 Å². The van der Waals surface area contributed by atoms with E-state index in [-0.39, 0.29) is 0 Å². The molecule has 0 amide bonds. The van der Waals surface area contributed by atoms with E-state index in [9.17, 15) is 10.4 Å². The van der Waals surface area contributed by atoms with E-state index in [1.54, 1.807) is 0 Å². The first-order valence-corrected chi connectivity index (χ1v) is 8.81. The van der Waals surface area contributed by atoms with E-state index in [4.69, 9.17) is 0 Å². The fourth-order valence-electron chi connectivity index (χ4n) is 2.73. The summed E-state index contributed by atoms with van der Waals surface area (Å²) >= 11 is 0. The van der Waals surface area contributed by atoms with E-state index in [0.29, 0.717) is 12.4 Å². The Hall–Kier alpha value is -3.23. The van der Waals surface area contributed by atoms with E-state index in [0.717, 1.165) is 22.4 Å². The molecule has 1 heterocycles. The van der Waals surface area contributed by atoms with Crippen molar-refractivity contribution in [2.45, 2.75) is 25.4 Å². The van der Waals surface area contributed by atoms with Gasteiger partial charge in [0.1, 0.15) is 12.1 Å². The van der Waals surface area contributed by atoms with Gasteiger partial charge in [0.05, 0.1) is 23.3 Å². The van der Waals surface area contributed by atoms with Gasteiger partial charge in [0.15, 0.2) is 0 Å². The molecule has 0 aliphatic heterocycles. The lowest BCUT2D eigenvalue weighted by Crippen LogP contribution is -2.13. The van der Waals surface area contributed by atoms with E-state index in [2.05, 4.69) is 21.4 Å². The van der Waals surface area contributed by atoms with Gasteiger partial charge < -0.3 is 10.4 Å². The third-order valence-corrected chi connectivity index (χ3v) is 4.51. The smallest absolute Gasteiger partial charge is 0.130 e. The fourth-order valence-corrected chi connectivity index (χ4v) is 2.73. The van der Waals surface area contributed by atoms with Gasteiger partial charge in [-0.25, -0.2) is 9.97 Å². The van der Waals surface area contributed by atoms with E-state index in [1.807, 2.05) is 74.5 Å². The summed E-state index contributed by atoms with van der Waals surface area (Å²) in [6, 6.07) is 21.5. The number of nitrogens with one attached hydrogen (secondary N) is 1. The molecule has 3 rings (SSSR count). The van der Waals surface area contributed by atoms with Gasteiger partial charge in [-0.3, -0.25) is 0 Å². The van der Waals surface area contributed by atoms with Crippen LogP contribution < -0.4 is 5.32 Å². The molecule has 0 bridgehead atoms. The predicted octanol–water partition coefficient (Wildman–Crippen LogP) is 4.09. The molecule has 0 saturated heterocycles. The normalized spacial score (nSPS) is 12.2. The summed E-state index contributed by atoms with van der Waals surface area (Å²) in [5, 5.41) is 22.7. The lowest BCUT2D eigenvalue weighted by Gasteiger charge is -2.16. The molecule has 5 heteroatoms. The molecule has 0 radical (unpaired) electrons. The van der Waals surface area contributed by atoms with Crippen LogP contribution in [0.15, 0.2) is 67.0 Å². The third kappa shape index (κ3) is 4.49. The second-order valence-corrected chi connectivity index (χ2v) is 6.91. The molecule has 1 atom stereocenters. The summed E-state index contributed by atoms with van der Waals surface area (Å²) in [5.74, 6) is 0.649.